The van der Waals surface area contributed by atoms with Gasteiger partial charge >= 0.3 is 0 Å². The Balaban J connectivity index is 1.69. The van der Waals surface area contributed by atoms with Crippen LogP contribution in [0.4, 0.5) is 8.78 Å². The van der Waals surface area contributed by atoms with E-state index in [0.29, 0.717) is 5.92 Å². The minimum atomic E-state index is -0.793. The van der Waals surface area contributed by atoms with Crippen LogP contribution in [0.1, 0.15) is 37.7 Å². The van der Waals surface area contributed by atoms with Crippen molar-refractivity contribution in [2.24, 2.45) is 0 Å². The van der Waals surface area contributed by atoms with E-state index in [-0.39, 0.29) is 0 Å². The minimum absolute atomic E-state index is 0.435. The van der Waals surface area contributed by atoms with Gasteiger partial charge in [0.05, 0.1) is 0 Å². The Morgan fingerprint density at radius 3 is 2.17 bits per heavy atom. The lowest BCUT2D eigenvalue weighted by Gasteiger charge is -2.27. The topological polar surface area (TPSA) is 0 Å². The van der Waals surface area contributed by atoms with E-state index >= 15 is 0 Å². The van der Waals surface area contributed by atoms with Crippen molar-refractivity contribution < 1.29 is 8.78 Å². The lowest BCUT2D eigenvalue weighted by Crippen LogP contribution is -2.19. The zero-order valence-corrected chi connectivity index (χ0v) is 14.8. The number of hydrogen-bond acceptors (Lipinski definition) is 0. The average Bonchev–Trinajstić information content (AvgIpc) is 2.59. The molecule has 3 heteroatoms. The van der Waals surface area contributed by atoms with Crippen molar-refractivity contribution in [3.8, 4) is 11.1 Å². The van der Waals surface area contributed by atoms with E-state index in [0.717, 1.165) is 11.1 Å². The van der Waals surface area contributed by atoms with E-state index in [1.54, 1.807) is 6.07 Å². The van der Waals surface area contributed by atoms with Gasteiger partial charge in [-0.3, -0.25) is 0 Å². The molecule has 122 valence electrons. The molecular weight excluding hydrogens is 306 g/mol. The fourth-order valence-electron chi connectivity index (χ4n) is 3.82. The summed E-state index contributed by atoms with van der Waals surface area (Å²) in [6, 6.07) is 17.0. The molecular formula is C20H24F2Si. The van der Waals surface area contributed by atoms with Gasteiger partial charge in [-0.05, 0) is 47.6 Å². The third-order valence-corrected chi connectivity index (χ3v) is 8.87. The molecule has 0 saturated carbocycles. The number of halogens is 2. The van der Waals surface area contributed by atoms with Crippen molar-refractivity contribution in [1.82, 2.24) is 0 Å². The van der Waals surface area contributed by atoms with E-state index in [1.165, 1.54) is 55.1 Å². The summed E-state index contributed by atoms with van der Waals surface area (Å²) in [5.41, 5.74) is 3.08. The van der Waals surface area contributed by atoms with E-state index < -0.39 is 20.4 Å². The largest absolute Gasteiger partial charge is 0.204 e. The van der Waals surface area contributed by atoms with Crippen molar-refractivity contribution in [3.63, 3.8) is 0 Å². The van der Waals surface area contributed by atoms with Crippen LogP contribution in [-0.2, 0) is 0 Å². The van der Waals surface area contributed by atoms with Crippen LogP contribution in [-0.4, -0.2) is 8.80 Å². The van der Waals surface area contributed by atoms with Gasteiger partial charge in [0.15, 0.2) is 11.6 Å². The second kappa shape index (κ2) is 7.39. The van der Waals surface area contributed by atoms with Gasteiger partial charge in [0, 0.05) is 8.80 Å². The van der Waals surface area contributed by atoms with Crippen LogP contribution in [0.2, 0.25) is 18.1 Å². The molecule has 1 aliphatic rings. The molecule has 0 atom stereocenters. The SMILES string of the molecule is CCC[Si@H]1CC[C@H](c2ccc(-c3ccc(F)c(F)c3)cc2)CC1. The summed E-state index contributed by atoms with van der Waals surface area (Å²) in [7, 11) is -0.435. The second-order valence-electron chi connectivity index (χ2n) is 6.76. The van der Waals surface area contributed by atoms with Gasteiger partial charge < -0.3 is 0 Å². The van der Waals surface area contributed by atoms with E-state index in [2.05, 4.69) is 19.1 Å². The molecule has 0 bridgehead atoms. The second-order valence-corrected chi connectivity index (χ2v) is 10.2. The first-order valence-electron chi connectivity index (χ1n) is 8.72. The van der Waals surface area contributed by atoms with Crippen LogP contribution < -0.4 is 0 Å². The van der Waals surface area contributed by atoms with Crippen molar-refractivity contribution in [2.75, 3.05) is 0 Å². The zero-order valence-electron chi connectivity index (χ0n) is 13.7. The number of benzene rings is 2. The normalized spacial score (nSPS) is 21.3. The van der Waals surface area contributed by atoms with Crippen molar-refractivity contribution in [2.45, 2.75) is 50.2 Å². The first-order chi connectivity index (χ1) is 11.2. The van der Waals surface area contributed by atoms with Gasteiger partial charge in [-0.1, -0.05) is 61.8 Å². The molecule has 1 aliphatic heterocycles. The Bertz CT molecular complexity index is 643. The summed E-state index contributed by atoms with van der Waals surface area (Å²) in [5, 5.41) is 0. The molecule has 0 unspecified atom stereocenters. The van der Waals surface area contributed by atoms with Crippen molar-refractivity contribution >= 4 is 8.80 Å². The van der Waals surface area contributed by atoms with E-state index in [9.17, 15) is 8.78 Å². The Kier molecular flexibility index (Phi) is 5.26. The van der Waals surface area contributed by atoms with Crippen LogP contribution in [0.15, 0.2) is 42.5 Å². The fraction of sp³-hybridized carbons (Fsp3) is 0.400. The van der Waals surface area contributed by atoms with Gasteiger partial charge in [0.1, 0.15) is 0 Å². The summed E-state index contributed by atoms with van der Waals surface area (Å²) < 4.78 is 26.4. The monoisotopic (exact) mass is 330 g/mol. The maximum absolute atomic E-state index is 13.4. The molecule has 2 aromatic carbocycles. The molecule has 0 radical (unpaired) electrons. The summed E-state index contributed by atoms with van der Waals surface area (Å²) in [6.07, 6.45) is 4.02. The van der Waals surface area contributed by atoms with Gasteiger partial charge in [0.2, 0.25) is 0 Å². The summed E-state index contributed by atoms with van der Waals surface area (Å²) in [4.78, 5) is 0. The highest BCUT2D eigenvalue weighted by molar-refractivity contribution is 6.59. The third kappa shape index (κ3) is 3.89. The Morgan fingerprint density at radius 2 is 1.57 bits per heavy atom. The van der Waals surface area contributed by atoms with Crippen LogP contribution in [0.5, 0.6) is 0 Å². The van der Waals surface area contributed by atoms with Crippen LogP contribution >= 0.6 is 0 Å². The van der Waals surface area contributed by atoms with Crippen molar-refractivity contribution in [1.29, 1.82) is 0 Å². The molecule has 1 fully saturated rings. The first-order valence-corrected chi connectivity index (χ1v) is 11.2. The molecule has 23 heavy (non-hydrogen) atoms. The summed E-state index contributed by atoms with van der Waals surface area (Å²) in [5.74, 6) is -0.890. The highest BCUT2D eigenvalue weighted by Crippen LogP contribution is 2.35. The molecule has 2 aromatic rings. The molecule has 0 spiro atoms. The summed E-state index contributed by atoms with van der Waals surface area (Å²) >= 11 is 0. The molecule has 0 aliphatic carbocycles. The maximum Gasteiger partial charge on any atom is 0.159 e. The predicted molar refractivity (Wildman–Crippen MR) is 95.6 cm³/mol. The molecule has 1 saturated heterocycles. The maximum atomic E-state index is 13.4. The predicted octanol–water partition coefficient (Wildman–Crippen LogP) is 6.15. The molecule has 1 heterocycles. The van der Waals surface area contributed by atoms with Gasteiger partial charge in [-0.2, -0.15) is 0 Å². The van der Waals surface area contributed by atoms with E-state index in [1.807, 2.05) is 12.1 Å². The lowest BCUT2D eigenvalue weighted by molar-refractivity contribution is 0.509. The Morgan fingerprint density at radius 1 is 0.913 bits per heavy atom. The lowest BCUT2D eigenvalue weighted by atomic mass is 9.92. The van der Waals surface area contributed by atoms with Gasteiger partial charge in [0.25, 0.3) is 0 Å². The molecule has 0 aromatic heterocycles. The quantitative estimate of drug-likeness (QED) is 0.590. The minimum Gasteiger partial charge on any atom is -0.204 e. The highest BCUT2D eigenvalue weighted by Gasteiger charge is 2.22. The molecule has 3 rings (SSSR count). The Labute approximate surface area is 139 Å². The summed E-state index contributed by atoms with van der Waals surface area (Å²) in [6.45, 7) is 2.30. The van der Waals surface area contributed by atoms with Crippen molar-refractivity contribution in [3.05, 3.63) is 59.7 Å². The number of rotatable bonds is 4. The van der Waals surface area contributed by atoms with Gasteiger partial charge in [-0.25, -0.2) is 8.78 Å². The highest BCUT2D eigenvalue weighted by atomic mass is 28.3. The van der Waals surface area contributed by atoms with E-state index in [4.69, 9.17) is 0 Å². The first kappa shape index (κ1) is 16.4. The van der Waals surface area contributed by atoms with Crippen LogP contribution in [0, 0.1) is 11.6 Å². The van der Waals surface area contributed by atoms with Crippen LogP contribution in [0.3, 0.4) is 0 Å². The zero-order chi connectivity index (χ0) is 16.2. The average molecular weight is 330 g/mol. The standard InChI is InChI=1S/C20H24F2Si/c1-2-11-23-12-9-17(10-13-23)15-3-5-16(6-4-15)18-7-8-19(21)20(22)14-18/h3-8,14,17,23H,2,9-13H2,1H3/t17-,23-. The van der Waals surface area contributed by atoms with Gasteiger partial charge in [-0.15, -0.1) is 0 Å². The Hall–Kier alpha value is -1.48. The molecule has 0 N–H and O–H groups in total. The molecule has 0 nitrogen and oxygen atoms in total. The fourth-order valence-corrected chi connectivity index (χ4v) is 7.25. The van der Waals surface area contributed by atoms with Crippen LogP contribution in [0.25, 0.3) is 11.1 Å². The smallest absolute Gasteiger partial charge is 0.159 e. The number of hydrogen-bond donors (Lipinski definition) is 0. The molecule has 0 amide bonds. The third-order valence-electron chi connectivity index (χ3n) is 5.18.